The van der Waals surface area contributed by atoms with Crippen LogP contribution in [0.2, 0.25) is 0 Å². The van der Waals surface area contributed by atoms with E-state index >= 15 is 0 Å². The summed E-state index contributed by atoms with van der Waals surface area (Å²) in [6, 6.07) is 6.53. The SMILES string of the molecule is COc1ccc2c(c1)[C@@H]1CCCC[C@H]1[C@@H]1O[C@H]21. The molecule has 1 aromatic carbocycles. The lowest BCUT2D eigenvalue weighted by Crippen LogP contribution is -2.27. The first-order valence-corrected chi connectivity index (χ1v) is 6.72. The first-order valence-electron chi connectivity index (χ1n) is 6.72. The van der Waals surface area contributed by atoms with E-state index in [1.807, 2.05) is 0 Å². The predicted octanol–water partition coefficient (Wildman–Crippen LogP) is 3.42. The van der Waals surface area contributed by atoms with Crippen molar-refractivity contribution >= 4 is 0 Å². The van der Waals surface area contributed by atoms with Gasteiger partial charge in [-0.1, -0.05) is 18.9 Å². The van der Waals surface area contributed by atoms with Crippen LogP contribution in [-0.4, -0.2) is 13.2 Å². The first-order chi connectivity index (χ1) is 8.38. The summed E-state index contributed by atoms with van der Waals surface area (Å²) >= 11 is 0. The van der Waals surface area contributed by atoms with Crippen LogP contribution in [0.5, 0.6) is 5.75 Å². The fraction of sp³-hybridized carbons (Fsp3) is 0.600. The molecule has 1 saturated heterocycles. The number of epoxide rings is 1. The van der Waals surface area contributed by atoms with Gasteiger partial charge >= 0.3 is 0 Å². The molecule has 2 heteroatoms. The zero-order valence-electron chi connectivity index (χ0n) is 10.2. The van der Waals surface area contributed by atoms with Crippen LogP contribution in [0.4, 0.5) is 0 Å². The van der Waals surface area contributed by atoms with Crippen molar-refractivity contribution in [1.82, 2.24) is 0 Å². The van der Waals surface area contributed by atoms with Crippen LogP contribution >= 0.6 is 0 Å². The van der Waals surface area contributed by atoms with E-state index in [1.54, 1.807) is 7.11 Å². The summed E-state index contributed by atoms with van der Waals surface area (Å²) in [4.78, 5) is 0. The molecule has 2 fully saturated rings. The largest absolute Gasteiger partial charge is 0.497 e. The third-order valence-electron chi connectivity index (χ3n) is 4.77. The van der Waals surface area contributed by atoms with Crippen LogP contribution in [0.25, 0.3) is 0 Å². The van der Waals surface area contributed by atoms with E-state index in [-0.39, 0.29) is 0 Å². The molecule has 4 atom stereocenters. The molecule has 17 heavy (non-hydrogen) atoms. The maximum absolute atomic E-state index is 5.91. The Morgan fingerprint density at radius 3 is 2.94 bits per heavy atom. The monoisotopic (exact) mass is 230 g/mol. The molecular weight excluding hydrogens is 212 g/mol. The van der Waals surface area contributed by atoms with Gasteiger partial charge in [-0.25, -0.2) is 0 Å². The molecule has 2 nitrogen and oxygen atoms in total. The quantitative estimate of drug-likeness (QED) is 0.689. The van der Waals surface area contributed by atoms with Gasteiger partial charge < -0.3 is 9.47 Å². The van der Waals surface area contributed by atoms with Gasteiger partial charge in [0.1, 0.15) is 11.9 Å². The van der Waals surface area contributed by atoms with Crippen molar-refractivity contribution in [3.63, 3.8) is 0 Å². The minimum absolute atomic E-state index is 0.398. The van der Waals surface area contributed by atoms with Crippen molar-refractivity contribution in [3.05, 3.63) is 29.3 Å². The summed E-state index contributed by atoms with van der Waals surface area (Å²) in [5.74, 6) is 2.48. The highest BCUT2D eigenvalue weighted by Crippen LogP contribution is 2.58. The predicted molar refractivity (Wildman–Crippen MR) is 65.3 cm³/mol. The van der Waals surface area contributed by atoms with E-state index in [0.717, 1.165) is 17.6 Å². The Morgan fingerprint density at radius 2 is 2.06 bits per heavy atom. The summed E-state index contributed by atoms with van der Waals surface area (Å²) in [5.41, 5.74) is 2.94. The lowest BCUT2D eigenvalue weighted by Gasteiger charge is -2.35. The van der Waals surface area contributed by atoms with Crippen molar-refractivity contribution < 1.29 is 9.47 Å². The van der Waals surface area contributed by atoms with Gasteiger partial charge in [-0.2, -0.15) is 0 Å². The standard InChI is InChI=1S/C15H18O2/c1-16-9-6-7-12-13(8-9)10-4-2-3-5-11(10)14-15(12)17-14/h6-8,10-11,14-15H,2-5H2,1H3/t10-,11-,14+,15-/m1/s1. The smallest absolute Gasteiger partial charge is 0.119 e. The molecule has 0 bridgehead atoms. The Bertz CT molecular complexity index is 454. The number of hydrogen-bond donors (Lipinski definition) is 0. The van der Waals surface area contributed by atoms with Crippen molar-refractivity contribution in [2.45, 2.75) is 43.8 Å². The average Bonchev–Trinajstić information content (AvgIpc) is 3.19. The van der Waals surface area contributed by atoms with Gasteiger partial charge in [0.2, 0.25) is 0 Å². The molecule has 0 amide bonds. The highest BCUT2D eigenvalue weighted by Gasteiger charge is 2.54. The Hall–Kier alpha value is -1.02. The van der Waals surface area contributed by atoms with Crippen molar-refractivity contribution in [2.24, 2.45) is 5.92 Å². The van der Waals surface area contributed by atoms with E-state index in [2.05, 4.69) is 18.2 Å². The van der Waals surface area contributed by atoms with E-state index in [0.29, 0.717) is 12.2 Å². The molecule has 4 rings (SSSR count). The van der Waals surface area contributed by atoms with Gasteiger partial charge in [0, 0.05) is 0 Å². The number of benzene rings is 1. The number of rotatable bonds is 1. The zero-order valence-corrected chi connectivity index (χ0v) is 10.2. The summed E-state index contributed by atoms with van der Waals surface area (Å²) in [5, 5.41) is 0. The maximum atomic E-state index is 5.91. The fourth-order valence-corrected chi connectivity index (χ4v) is 3.90. The molecule has 90 valence electrons. The second kappa shape index (κ2) is 3.49. The van der Waals surface area contributed by atoms with Gasteiger partial charge in [0.25, 0.3) is 0 Å². The summed E-state index contributed by atoms with van der Waals surface area (Å²) in [6.45, 7) is 0. The maximum Gasteiger partial charge on any atom is 0.119 e. The summed E-state index contributed by atoms with van der Waals surface area (Å²) in [7, 11) is 1.75. The molecule has 0 unspecified atom stereocenters. The Balaban J connectivity index is 1.81. The molecule has 1 aliphatic heterocycles. The molecule has 0 spiro atoms. The van der Waals surface area contributed by atoms with Gasteiger partial charge in [0.15, 0.2) is 0 Å². The van der Waals surface area contributed by atoms with Crippen molar-refractivity contribution in [1.29, 1.82) is 0 Å². The number of ether oxygens (including phenoxy) is 2. The molecule has 0 aromatic heterocycles. The van der Waals surface area contributed by atoms with Gasteiger partial charge in [-0.05, 0) is 47.9 Å². The third kappa shape index (κ3) is 1.37. The van der Waals surface area contributed by atoms with Crippen LogP contribution in [0.15, 0.2) is 18.2 Å². The Kier molecular flexibility index (Phi) is 2.04. The minimum atomic E-state index is 0.398. The summed E-state index contributed by atoms with van der Waals surface area (Å²) < 4.78 is 11.3. The van der Waals surface area contributed by atoms with Gasteiger partial charge in [-0.3, -0.25) is 0 Å². The lowest BCUT2D eigenvalue weighted by molar-refractivity contribution is 0.237. The highest BCUT2D eigenvalue weighted by molar-refractivity contribution is 5.44. The van der Waals surface area contributed by atoms with Gasteiger partial charge in [0.05, 0.1) is 13.2 Å². The summed E-state index contributed by atoms with van der Waals surface area (Å²) in [6.07, 6.45) is 6.36. The van der Waals surface area contributed by atoms with Crippen molar-refractivity contribution in [3.8, 4) is 5.75 Å². The minimum Gasteiger partial charge on any atom is -0.497 e. The normalized spacial score (nSPS) is 37.7. The van der Waals surface area contributed by atoms with E-state index in [1.165, 1.54) is 36.8 Å². The van der Waals surface area contributed by atoms with E-state index < -0.39 is 0 Å². The number of hydrogen-bond acceptors (Lipinski definition) is 2. The van der Waals surface area contributed by atoms with Crippen LogP contribution in [-0.2, 0) is 4.74 Å². The topological polar surface area (TPSA) is 21.8 Å². The van der Waals surface area contributed by atoms with Crippen molar-refractivity contribution in [2.75, 3.05) is 7.11 Å². The second-order valence-corrected chi connectivity index (χ2v) is 5.57. The molecular formula is C15H18O2. The Labute approximate surface area is 102 Å². The lowest BCUT2D eigenvalue weighted by atomic mass is 9.68. The molecule has 1 aromatic rings. The second-order valence-electron chi connectivity index (χ2n) is 5.57. The van der Waals surface area contributed by atoms with Crippen LogP contribution in [0.3, 0.4) is 0 Å². The Morgan fingerprint density at radius 1 is 1.18 bits per heavy atom. The van der Waals surface area contributed by atoms with E-state index in [9.17, 15) is 0 Å². The molecule has 3 aliphatic rings. The molecule has 1 saturated carbocycles. The molecule has 2 aliphatic carbocycles. The van der Waals surface area contributed by atoms with Crippen LogP contribution in [0, 0.1) is 5.92 Å². The third-order valence-corrected chi connectivity index (χ3v) is 4.77. The van der Waals surface area contributed by atoms with Crippen LogP contribution in [0.1, 0.15) is 48.8 Å². The first kappa shape index (κ1) is 9.95. The molecule has 1 heterocycles. The highest BCUT2D eigenvalue weighted by atomic mass is 16.6. The average molecular weight is 230 g/mol. The van der Waals surface area contributed by atoms with E-state index in [4.69, 9.17) is 9.47 Å². The number of methoxy groups -OCH3 is 1. The van der Waals surface area contributed by atoms with Crippen LogP contribution < -0.4 is 4.74 Å². The fourth-order valence-electron chi connectivity index (χ4n) is 3.90. The molecule has 0 N–H and O–H groups in total. The molecule has 0 radical (unpaired) electrons. The number of fused-ring (bicyclic) bond motifs is 6. The van der Waals surface area contributed by atoms with Gasteiger partial charge in [-0.15, -0.1) is 0 Å². The zero-order chi connectivity index (χ0) is 11.4.